The lowest BCUT2D eigenvalue weighted by atomic mass is 9.98. The van der Waals surface area contributed by atoms with E-state index in [1.165, 1.54) is 31.4 Å². The second-order valence-corrected chi connectivity index (χ2v) is 5.64. The van der Waals surface area contributed by atoms with E-state index in [1.807, 2.05) is 0 Å². The molecule has 0 aliphatic carbocycles. The summed E-state index contributed by atoms with van der Waals surface area (Å²) < 4.78 is 13.4. The first-order chi connectivity index (χ1) is 9.65. The summed E-state index contributed by atoms with van der Waals surface area (Å²) in [6.45, 7) is 2.25. The highest BCUT2D eigenvalue weighted by atomic mass is 19.1. The number of piperidine rings is 1. The highest BCUT2D eigenvalue weighted by Crippen LogP contribution is 2.29. The second-order valence-electron chi connectivity index (χ2n) is 5.64. The van der Waals surface area contributed by atoms with Crippen molar-refractivity contribution in [3.63, 3.8) is 0 Å². The van der Waals surface area contributed by atoms with E-state index in [0.717, 1.165) is 19.5 Å². The normalized spacial score (nSPS) is 26.2. The Labute approximate surface area is 117 Å². The fraction of sp³-hybridized carbons (Fsp3) is 0.533. The molecule has 2 aliphatic heterocycles. The van der Waals surface area contributed by atoms with E-state index in [9.17, 15) is 9.18 Å². The van der Waals surface area contributed by atoms with Gasteiger partial charge in [0.05, 0.1) is 5.56 Å². The van der Waals surface area contributed by atoms with Crippen molar-refractivity contribution in [2.24, 2.45) is 0 Å². The van der Waals surface area contributed by atoms with Crippen LogP contribution in [0.3, 0.4) is 0 Å². The molecule has 0 radical (unpaired) electrons. The van der Waals surface area contributed by atoms with Crippen molar-refractivity contribution in [3.8, 4) is 0 Å². The minimum atomic E-state index is -1.23. The van der Waals surface area contributed by atoms with Crippen LogP contribution in [0.5, 0.6) is 0 Å². The molecule has 0 spiro atoms. The van der Waals surface area contributed by atoms with E-state index in [-0.39, 0.29) is 5.56 Å². The Hall–Kier alpha value is -1.62. The predicted octanol–water partition coefficient (Wildman–Crippen LogP) is 2.56. The van der Waals surface area contributed by atoms with Crippen LogP contribution in [0.1, 0.15) is 36.0 Å². The first kappa shape index (κ1) is 13.4. The molecule has 108 valence electrons. The maximum atomic E-state index is 13.4. The Kier molecular flexibility index (Phi) is 3.61. The van der Waals surface area contributed by atoms with Gasteiger partial charge in [0, 0.05) is 24.3 Å². The number of carboxylic acid groups (broad SMARTS) is 1. The van der Waals surface area contributed by atoms with Gasteiger partial charge in [-0.05, 0) is 44.0 Å². The quantitative estimate of drug-likeness (QED) is 0.892. The molecule has 0 bridgehead atoms. The highest BCUT2D eigenvalue weighted by molar-refractivity contribution is 5.89. The first-order valence-electron chi connectivity index (χ1n) is 7.18. The number of carboxylic acids is 1. The van der Waals surface area contributed by atoms with Gasteiger partial charge in [0.1, 0.15) is 5.82 Å². The SMILES string of the molecule is O=C(O)c1cc(NC2CCN3CCCCC23)ccc1F. The summed E-state index contributed by atoms with van der Waals surface area (Å²) in [4.78, 5) is 13.5. The standard InChI is InChI=1S/C15H19FN2O2/c16-12-5-4-10(9-11(12)15(19)20)17-13-6-8-18-7-2-1-3-14(13)18/h4-5,9,13-14,17H,1-3,6-8H2,(H,19,20). The largest absolute Gasteiger partial charge is 0.478 e. The van der Waals surface area contributed by atoms with Crippen molar-refractivity contribution >= 4 is 11.7 Å². The van der Waals surface area contributed by atoms with Crippen molar-refractivity contribution in [2.45, 2.75) is 37.8 Å². The number of anilines is 1. The average Bonchev–Trinajstić information content (AvgIpc) is 2.84. The topological polar surface area (TPSA) is 52.6 Å². The molecule has 0 saturated carbocycles. The summed E-state index contributed by atoms with van der Waals surface area (Å²) in [6.07, 6.45) is 4.77. The Balaban J connectivity index is 1.74. The third-order valence-electron chi connectivity index (χ3n) is 4.40. The molecule has 2 atom stereocenters. The molecule has 2 N–H and O–H groups in total. The maximum Gasteiger partial charge on any atom is 0.338 e. The summed E-state index contributed by atoms with van der Waals surface area (Å²) in [7, 11) is 0. The number of hydrogen-bond donors (Lipinski definition) is 2. The van der Waals surface area contributed by atoms with E-state index >= 15 is 0 Å². The molecule has 1 aromatic carbocycles. The molecule has 2 unspecified atom stereocenters. The molecule has 20 heavy (non-hydrogen) atoms. The van der Waals surface area contributed by atoms with E-state index in [2.05, 4.69) is 10.2 Å². The molecule has 3 rings (SSSR count). The summed E-state index contributed by atoms with van der Waals surface area (Å²) in [5.74, 6) is -1.91. The number of carbonyl (C=O) groups is 1. The van der Waals surface area contributed by atoms with Gasteiger partial charge >= 0.3 is 5.97 Å². The third-order valence-corrected chi connectivity index (χ3v) is 4.40. The Morgan fingerprint density at radius 1 is 1.30 bits per heavy atom. The van der Waals surface area contributed by atoms with Crippen LogP contribution < -0.4 is 5.32 Å². The summed E-state index contributed by atoms with van der Waals surface area (Å²) in [5.41, 5.74) is 0.426. The molecule has 5 heteroatoms. The maximum absolute atomic E-state index is 13.4. The summed E-state index contributed by atoms with van der Waals surface area (Å²) >= 11 is 0. The molecule has 1 aromatic rings. The summed E-state index contributed by atoms with van der Waals surface area (Å²) in [5, 5.41) is 12.4. The van der Waals surface area contributed by atoms with Gasteiger partial charge in [0.25, 0.3) is 0 Å². The van der Waals surface area contributed by atoms with Crippen LogP contribution in [0, 0.1) is 5.82 Å². The number of hydrogen-bond acceptors (Lipinski definition) is 3. The lowest BCUT2D eigenvalue weighted by molar-refractivity contribution is 0.0692. The molecule has 0 amide bonds. The lowest BCUT2D eigenvalue weighted by Crippen LogP contribution is -2.41. The Bertz CT molecular complexity index is 521. The molecular formula is C15H19FN2O2. The van der Waals surface area contributed by atoms with Gasteiger partial charge in [-0.1, -0.05) is 6.42 Å². The zero-order chi connectivity index (χ0) is 14.1. The van der Waals surface area contributed by atoms with Gasteiger partial charge in [-0.3, -0.25) is 4.90 Å². The van der Waals surface area contributed by atoms with E-state index in [1.54, 1.807) is 6.07 Å². The first-order valence-corrected chi connectivity index (χ1v) is 7.18. The summed E-state index contributed by atoms with van der Waals surface area (Å²) in [6, 6.07) is 5.10. The molecule has 0 aromatic heterocycles. The van der Waals surface area contributed by atoms with E-state index < -0.39 is 11.8 Å². The van der Waals surface area contributed by atoms with Crippen molar-refractivity contribution in [1.29, 1.82) is 0 Å². The van der Waals surface area contributed by atoms with Gasteiger partial charge in [-0.25, -0.2) is 9.18 Å². The Morgan fingerprint density at radius 3 is 2.95 bits per heavy atom. The van der Waals surface area contributed by atoms with Gasteiger partial charge < -0.3 is 10.4 Å². The Morgan fingerprint density at radius 2 is 2.15 bits per heavy atom. The van der Waals surface area contributed by atoms with E-state index in [4.69, 9.17) is 5.11 Å². The van der Waals surface area contributed by atoms with Crippen molar-refractivity contribution in [3.05, 3.63) is 29.6 Å². The fourth-order valence-corrected chi connectivity index (χ4v) is 3.41. The lowest BCUT2D eigenvalue weighted by Gasteiger charge is -2.33. The van der Waals surface area contributed by atoms with Gasteiger partial charge in [0.15, 0.2) is 0 Å². The molecule has 2 fully saturated rings. The third kappa shape index (κ3) is 2.50. The highest BCUT2D eigenvalue weighted by Gasteiger charge is 2.35. The number of fused-ring (bicyclic) bond motifs is 1. The number of benzene rings is 1. The molecule has 2 aliphatic rings. The van der Waals surface area contributed by atoms with E-state index in [0.29, 0.717) is 17.8 Å². The number of halogens is 1. The fourth-order valence-electron chi connectivity index (χ4n) is 3.41. The van der Waals surface area contributed by atoms with Crippen LogP contribution >= 0.6 is 0 Å². The average molecular weight is 278 g/mol. The predicted molar refractivity (Wildman–Crippen MR) is 74.6 cm³/mol. The zero-order valence-electron chi connectivity index (χ0n) is 11.3. The number of rotatable bonds is 3. The monoisotopic (exact) mass is 278 g/mol. The van der Waals surface area contributed by atoms with Crippen molar-refractivity contribution in [1.82, 2.24) is 4.90 Å². The van der Waals surface area contributed by atoms with Crippen LogP contribution in [-0.2, 0) is 0 Å². The van der Waals surface area contributed by atoms with Gasteiger partial charge in [0.2, 0.25) is 0 Å². The smallest absolute Gasteiger partial charge is 0.338 e. The van der Waals surface area contributed by atoms with Crippen LogP contribution in [0.4, 0.5) is 10.1 Å². The minimum absolute atomic E-state index is 0.270. The van der Waals surface area contributed by atoms with Crippen LogP contribution in [0.2, 0.25) is 0 Å². The number of nitrogens with one attached hydrogen (secondary N) is 1. The number of aromatic carboxylic acids is 1. The molecule has 4 nitrogen and oxygen atoms in total. The van der Waals surface area contributed by atoms with Gasteiger partial charge in [-0.15, -0.1) is 0 Å². The zero-order valence-corrected chi connectivity index (χ0v) is 11.3. The molecule has 2 saturated heterocycles. The molecule has 2 heterocycles. The van der Waals surface area contributed by atoms with Crippen molar-refractivity contribution < 1.29 is 14.3 Å². The number of nitrogens with zero attached hydrogens (tertiary/aromatic N) is 1. The van der Waals surface area contributed by atoms with Crippen LogP contribution in [-0.4, -0.2) is 41.1 Å². The molecular weight excluding hydrogens is 259 g/mol. The van der Waals surface area contributed by atoms with Crippen molar-refractivity contribution in [2.75, 3.05) is 18.4 Å². The van der Waals surface area contributed by atoms with Crippen LogP contribution in [0.15, 0.2) is 18.2 Å². The minimum Gasteiger partial charge on any atom is -0.478 e. The van der Waals surface area contributed by atoms with Crippen LogP contribution in [0.25, 0.3) is 0 Å². The van der Waals surface area contributed by atoms with Gasteiger partial charge in [-0.2, -0.15) is 0 Å². The second kappa shape index (κ2) is 5.40.